The molecule has 0 unspecified atom stereocenters. The van der Waals surface area contributed by atoms with E-state index in [0.29, 0.717) is 13.0 Å². The molecular formula is C13H20NO3S+. The van der Waals surface area contributed by atoms with Gasteiger partial charge < -0.3 is 0 Å². The van der Waals surface area contributed by atoms with Crippen molar-refractivity contribution < 1.29 is 17.5 Å². The van der Waals surface area contributed by atoms with Crippen LogP contribution in [0.2, 0.25) is 0 Å². The quantitative estimate of drug-likeness (QED) is 0.508. The Morgan fingerprint density at radius 3 is 2.39 bits per heavy atom. The van der Waals surface area contributed by atoms with E-state index in [1.54, 1.807) is 0 Å². The fourth-order valence-electron chi connectivity index (χ4n) is 1.86. The molecule has 5 heteroatoms. The summed E-state index contributed by atoms with van der Waals surface area (Å²) in [4.78, 5) is 0. The van der Waals surface area contributed by atoms with E-state index in [0.717, 1.165) is 17.0 Å². The molecule has 0 aliphatic rings. The first-order valence-corrected chi connectivity index (χ1v) is 7.50. The normalized spacial score (nSPS) is 11.3. The van der Waals surface area contributed by atoms with Crippen molar-refractivity contribution in [2.24, 2.45) is 0 Å². The molecule has 1 N–H and O–H groups in total. The van der Waals surface area contributed by atoms with Gasteiger partial charge in [-0.25, -0.2) is 4.58 Å². The van der Waals surface area contributed by atoms with Gasteiger partial charge in [-0.15, -0.1) is 0 Å². The Morgan fingerprint density at radius 1 is 1.28 bits per heavy atom. The largest absolute Gasteiger partial charge is 0.286 e. The van der Waals surface area contributed by atoms with E-state index in [9.17, 15) is 8.42 Å². The molecule has 0 fully saturated rings. The highest BCUT2D eigenvalue weighted by molar-refractivity contribution is 7.85. The Morgan fingerprint density at radius 2 is 1.89 bits per heavy atom. The van der Waals surface area contributed by atoms with Gasteiger partial charge in [-0.1, -0.05) is 18.2 Å². The van der Waals surface area contributed by atoms with Crippen LogP contribution >= 0.6 is 0 Å². The van der Waals surface area contributed by atoms with Crippen LogP contribution in [0.5, 0.6) is 0 Å². The molecule has 0 heterocycles. The SMILES string of the molecule is CC(C)=[N+](CCCS(=O)(=O)O)c1ccccc1C. The lowest BCUT2D eigenvalue weighted by atomic mass is 10.2. The first kappa shape index (κ1) is 14.9. The molecule has 0 radical (unpaired) electrons. The van der Waals surface area contributed by atoms with Gasteiger partial charge in [-0.05, 0) is 6.92 Å². The van der Waals surface area contributed by atoms with Gasteiger partial charge in [0, 0.05) is 31.9 Å². The third kappa shape index (κ3) is 4.58. The zero-order valence-electron chi connectivity index (χ0n) is 11.0. The highest BCUT2D eigenvalue weighted by Crippen LogP contribution is 2.18. The minimum absolute atomic E-state index is 0.206. The third-order valence-electron chi connectivity index (χ3n) is 2.73. The summed E-state index contributed by atoms with van der Waals surface area (Å²) >= 11 is 0. The summed E-state index contributed by atoms with van der Waals surface area (Å²) in [6.45, 7) is 6.57. The van der Waals surface area contributed by atoms with Crippen LogP contribution in [0, 0.1) is 6.92 Å². The molecule has 0 atom stereocenters. The molecule has 0 aromatic heterocycles. The highest BCUT2D eigenvalue weighted by atomic mass is 32.2. The molecule has 1 aromatic rings. The summed E-state index contributed by atoms with van der Waals surface area (Å²) in [6.07, 6.45) is 0.401. The van der Waals surface area contributed by atoms with Crippen molar-refractivity contribution in [3.05, 3.63) is 29.8 Å². The fraction of sp³-hybridized carbons (Fsp3) is 0.462. The molecule has 1 aromatic carbocycles. The van der Waals surface area contributed by atoms with Crippen molar-refractivity contribution in [3.8, 4) is 0 Å². The fourth-order valence-corrected chi connectivity index (χ4v) is 2.35. The summed E-state index contributed by atoms with van der Waals surface area (Å²) in [5, 5.41) is 0. The van der Waals surface area contributed by atoms with Crippen LogP contribution in [-0.2, 0) is 10.1 Å². The zero-order chi connectivity index (χ0) is 13.8. The molecule has 0 saturated carbocycles. The molecule has 0 amide bonds. The van der Waals surface area contributed by atoms with Crippen LogP contribution in [0.15, 0.2) is 24.3 Å². The summed E-state index contributed by atoms with van der Waals surface area (Å²) < 4.78 is 32.2. The van der Waals surface area contributed by atoms with Gasteiger partial charge in [0.05, 0.1) is 5.75 Å². The standard InChI is InChI=1S/C13H19NO3S/c1-11(2)14(9-6-10-18(15,16)17)13-8-5-4-7-12(13)3/h4-5,7-8H,6,9-10H2,1-3H3/p+1. The van der Waals surface area contributed by atoms with E-state index >= 15 is 0 Å². The second-order valence-electron chi connectivity index (χ2n) is 4.52. The Hall–Kier alpha value is -1.20. The second kappa shape index (κ2) is 6.11. The zero-order valence-corrected chi connectivity index (χ0v) is 11.9. The molecule has 100 valence electrons. The Kier molecular flexibility index (Phi) is 5.04. The summed E-state index contributed by atoms with van der Waals surface area (Å²) in [5.74, 6) is -0.206. The van der Waals surface area contributed by atoms with Crippen LogP contribution in [0.25, 0.3) is 0 Å². The lowest BCUT2D eigenvalue weighted by Gasteiger charge is -2.07. The predicted octanol–water partition coefficient (Wildman–Crippen LogP) is 2.40. The molecule has 0 aliphatic carbocycles. The van der Waals surface area contributed by atoms with Gasteiger partial charge in [-0.3, -0.25) is 4.55 Å². The van der Waals surface area contributed by atoms with E-state index in [-0.39, 0.29) is 5.75 Å². The van der Waals surface area contributed by atoms with E-state index in [2.05, 4.69) is 4.58 Å². The van der Waals surface area contributed by atoms with Crippen molar-refractivity contribution in [2.45, 2.75) is 27.2 Å². The maximum absolute atomic E-state index is 10.7. The van der Waals surface area contributed by atoms with Crippen molar-refractivity contribution in [1.82, 2.24) is 0 Å². The van der Waals surface area contributed by atoms with E-state index in [1.165, 1.54) is 0 Å². The van der Waals surface area contributed by atoms with Gasteiger partial charge in [0.15, 0.2) is 5.71 Å². The average Bonchev–Trinajstić information content (AvgIpc) is 2.24. The number of aryl methyl sites for hydroxylation is 1. The van der Waals surface area contributed by atoms with E-state index < -0.39 is 10.1 Å². The molecular weight excluding hydrogens is 250 g/mol. The molecule has 4 nitrogen and oxygen atoms in total. The first-order valence-electron chi connectivity index (χ1n) is 5.90. The topological polar surface area (TPSA) is 57.4 Å². The van der Waals surface area contributed by atoms with Crippen LogP contribution in [0.1, 0.15) is 25.8 Å². The molecule has 0 saturated heterocycles. The first-order chi connectivity index (χ1) is 8.31. The van der Waals surface area contributed by atoms with Crippen LogP contribution in [0.4, 0.5) is 5.69 Å². The van der Waals surface area contributed by atoms with Crippen LogP contribution in [0.3, 0.4) is 0 Å². The van der Waals surface area contributed by atoms with Gasteiger partial charge in [-0.2, -0.15) is 8.42 Å². The molecule has 0 spiro atoms. The number of para-hydroxylation sites is 1. The minimum atomic E-state index is -3.87. The number of hydrogen-bond acceptors (Lipinski definition) is 2. The summed E-state index contributed by atoms with van der Waals surface area (Å²) in [5.41, 5.74) is 3.32. The smallest absolute Gasteiger partial charge is 0.265 e. The lowest BCUT2D eigenvalue weighted by molar-refractivity contribution is -0.442. The Balaban J connectivity index is 2.87. The van der Waals surface area contributed by atoms with Crippen LogP contribution in [-0.4, -0.2) is 35.6 Å². The predicted molar refractivity (Wildman–Crippen MR) is 73.4 cm³/mol. The number of hydrogen-bond donors (Lipinski definition) is 1. The number of nitrogens with zero attached hydrogens (tertiary/aromatic N) is 1. The van der Waals surface area contributed by atoms with Gasteiger partial charge in [0.25, 0.3) is 10.1 Å². The number of rotatable bonds is 5. The van der Waals surface area contributed by atoms with Crippen molar-refractivity contribution >= 4 is 21.5 Å². The molecule has 0 aliphatic heterocycles. The maximum Gasteiger partial charge on any atom is 0.265 e. The van der Waals surface area contributed by atoms with Crippen LogP contribution < -0.4 is 0 Å². The second-order valence-corrected chi connectivity index (χ2v) is 6.10. The third-order valence-corrected chi connectivity index (χ3v) is 3.53. The Bertz CT molecular complexity index is 543. The highest BCUT2D eigenvalue weighted by Gasteiger charge is 2.15. The lowest BCUT2D eigenvalue weighted by Crippen LogP contribution is -2.17. The minimum Gasteiger partial charge on any atom is -0.286 e. The van der Waals surface area contributed by atoms with Crippen molar-refractivity contribution in [3.63, 3.8) is 0 Å². The van der Waals surface area contributed by atoms with Crippen molar-refractivity contribution in [2.75, 3.05) is 12.3 Å². The average molecular weight is 270 g/mol. The summed E-state index contributed by atoms with van der Waals surface area (Å²) in [7, 11) is -3.87. The maximum atomic E-state index is 10.7. The van der Waals surface area contributed by atoms with Crippen molar-refractivity contribution in [1.29, 1.82) is 0 Å². The van der Waals surface area contributed by atoms with E-state index in [4.69, 9.17) is 4.55 Å². The van der Waals surface area contributed by atoms with Gasteiger partial charge in [0.2, 0.25) is 5.69 Å². The molecule has 1 rings (SSSR count). The monoisotopic (exact) mass is 270 g/mol. The summed E-state index contributed by atoms with van der Waals surface area (Å²) in [6, 6.07) is 7.96. The van der Waals surface area contributed by atoms with Gasteiger partial charge >= 0.3 is 0 Å². The van der Waals surface area contributed by atoms with E-state index in [1.807, 2.05) is 45.0 Å². The molecule has 18 heavy (non-hydrogen) atoms. The molecule has 0 bridgehead atoms. The Labute approximate surface area is 109 Å². The number of benzene rings is 1. The van der Waals surface area contributed by atoms with Gasteiger partial charge in [0.1, 0.15) is 6.54 Å².